The molecule has 2 rings (SSSR count). The molecule has 20 heavy (non-hydrogen) atoms. The Balaban J connectivity index is 2.18. The molecule has 1 aromatic rings. The highest BCUT2D eigenvalue weighted by Gasteiger charge is 2.26. The summed E-state index contributed by atoms with van der Waals surface area (Å²) in [5.41, 5.74) is 0.373. The van der Waals surface area contributed by atoms with Crippen molar-refractivity contribution in [2.24, 2.45) is 0 Å². The van der Waals surface area contributed by atoms with E-state index in [2.05, 4.69) is 9.88 Å². The van der Waals surface area contributed by atoms with Gasteiger partial charge >= 0.3 is 0 Å². The Hall–Kier alpha value is -1.27. The number of carbonyl (C=O) groups is 1. The lowest BCUT2D eigenvalue weighted by molar-refractivity contribution is 0.0675. The third kappa shape index (κ3) is 3.86. The van der Waals surface area contributed by atoms with Crippen molar-refractivity contribution in [1.29, 1.82) is 0 Å². The molecule has 110 valence electrons. The number of pyridine rings is 1. The van der Waals surface area contributed by atoms with Gasteiger partial charge in [0.05, 0.1) is 11.6 Å². The Kier molecular flexibility index (Phi) is 5.25. The number of nitrogens with one attached hydrogen (secondary N) is 1. The fourth-order valence-electron chi connectivity index (χ4n) is 2.38. The number of hydrogen-bond donors (Lipinski definition) is 1. The molecule has 1 fully saturated rings. The molecular formula is C14H21N3O2S. The summed E-state index contributed by atoms with van der Waals surface area (Å²) in [5.74, 6) is 2.07. The van der Waals surface area contributed by atoms with Crippen LogP contribution in [0.15, 0.2) is 23.1 Å². The highest BCUT2D eigenvalue weighted by atomic mass is 32.2. The molecule has 1 atom stereocenters. The first-order valence-electron chi connectivity index (χ1n) is 6.80. The van der Waals surface area contributed by atoms with Gasteiger partial charge in [-0.1, -0.05) is 0 Å². The molecule has 1 N–H and O–H groups in total. The summed E-state index contributed by atoms with van der Waals surface area (Å²) < 4.78 is 0. The fraction of sp³-hybridized carbons (Fsp3) is 0.571. The summed E-state index contributed by atoms with van der Waals surface area (Å²) in [5, 5.41) is 0. The smallest absolute Gasteiger partial charge is 0.255 e. The molecule has 6 heteroatoms. The number of nitrogens with zero attached hydrogens (tertiary/aromatic N) is 2. The Morgan fingerprint density at radius 3 is 2.95 bits per heavy atom. The van der Waals surface area contributed by atoms with E-state index in [0.717, 1.165) is 31.0 Å². The summed E-state index contributed by atoms with van der Waals surface area (Å²) >= 11 is 1.91. The van der Waals surface area contributed by atoms with Gasteiger partial charge in [-0.05, 0) is 32.3 Å². The summed E-state index contributed by atoms with van der Waals surface area (Å²) in [4.78, 5) is 30.4. The summed E-state index contributed by atoms with van der Waals surface area (Å²) in [6.45, 7) is 1.64. The maximum absolute atomic E-state index is 12.6. The van der Waals surface area contributed by atoms with Crippen LogP contribution in [0.2, 0.25) is 0 Å². The first-order valence-corrected chi connectivity index (χ1v) is 7.95. The second-order valence-corrected chi connectivity index (χ2v) is 6.43. The highest BCUT2D eigenvalue weighted by molar-refractivity contribution is 7.99. The first-order chi connectivity index (χ1) is 9.58. The van der Waals surface area contributed by atoms with Crippen LogP contribution in [-0.4, -0.2) is 65.4 Å². The average Bonchev–Trinajstić information content (AvgIpc) is 2.63. The summed E-state index contributed by atoms with van der Waals surface area (Å²) in [7, 11) is 4.05. The van der Waals surface area contributed by atoms with Gasteiger partial charge in [0, 0.05) is 31.1 Å². The lowest BCUT2D eigenvalue weighted by Crippen LogP contribution is -2.46. The van der Waals surface area contributed by atoms with Crippen LogP contribution in [0.1, 0.15) is 16.8 Å². The van der Waals surface area contributed by atoms with E-state index in [-0.39, 0.29) is 17.5 Å². The average molecular weight is 295 g/mol. The van der Waals surface area contributed by atoms with Crippen LogP contribution < -0.4 is 5.56 Å². The molecule has 0 radical (unpaired) electrons. The second kappa shape index (κ2) is 6.95. The van der Waals surface area contributed by atoms with Gasteiger partial charge in [0.2, 0.25) is 5.56 Å². The number of likely N-dealkylation sites (N-methyl/N-ethyl adjacent to an activating group) is 1. The van der Waals surface area contributed by atoms with Crippen molar-refractivity contribution < 1.29 is 4.79 Å². The van der Waals surface area contributed by atoms with Gasteiger partial charge in [0.1, 0.15) is 0 Å². The van der Waals surface area contributed by atoms with Crippen molar-refractivity contribution in [3.63, 3.8) is 0 Å². The molecule has 2 heterocycles. The van der Waals surface area contributed by atoms with Gasteiger partial charge < -0.3 is 14.8 Å². The van der Waals surface area contributed by atoms with Crippen LogP contribution in [0.4, 0.5) is 0 Å². The number of carbonyl (C=O) groups excluding carboxylic acids is 1. The Morgan fingerprint density at radius 1 is 1.50 bits per heavy atom. The van der Waals surface area contributed by atoms with E-state index in [1.54, 1.807) is 6.07 Å². The zero-order valence-corrected chi connectivity index (χ0v) is 12.8. The van der Waals surface area contributed by atoms with Crippen LogP contribution in [0, 0.1) is 0 Å². The molecule has 0 saturated carbocycles. The van der Waals surface area contributed by atoms with E-state index < -0.39 is 0 Å². The number of aromatic amines is 1. The number of aromatic nitrogens is 1. The molecule has 1 aromatic heterocycles. The van der Waals surface area contributed by atoms with Crippen LogP contribution in [0.5, 0.6) is 0 Å². The number of rotatable bonds is 3. The largest absolute Gasteiger partial charge is 0.333 e. The molecule has 1 amide bonds. The molecular weight excluding hydrogens is 274 g/mol. The summed E-state index contributed by atoms with van der Waals surface area (Å²) in [6, 6.07) is 3.23. The number of thioether (sulfide) groups is 1. The number of amides is 1. The SMILES string of the molecule is CN(C)C[C@@H]1CSCCCN1C(=O)c1ccc(=O)[nH]c1. The molecule has 0 spiro atoms. The lowest BCUT2D eigenvalue weighted by Gasteiger charge is -2.31. The molecule has 1 aliphatic rings. The first kappa shape index (κ1) is 15.1. The maximum Gasteiger partial charge on any atom is 0.255 e. The van der Waals surface area contributed by atoms with Crippen molar-refractivity contribution in [1.82, 2.24) is 14.8 Å². The molecule has 0 aromatic carbocycles. The van der Waals surface area contributed by atoms with Crippen molar-refractivity contribution >= 4 is 17.7 Å². The highest BCUT2D eigenvalue weighted by Crippen LogP contribution is 2.19. The normalized spacial score (nSPS) is 19.9. The van der Waals surface area contributed by atoms with E-state index in [4.69, 9.17) is 0 Å². The van der Waals surface area contributed by atoms with Gasteiger partial charge in [0.25, 0.3) is 5.91 Å². The second-order valence-electron chi connectivity index (χ2n) is 5.28. The van der Waals surface area contributed by atoms with E-state index in [9.17, 15) is 9.59 Å². The molecule has 0 unspecified atom stereocenters. The number of H-pyrrole nitrogens is 1. The summed E-state index contributed by atoms with van der Waals surface area (Å²) in [6.07, 6.45) is 2.53. The lowest BCUT2D eigenvalue weighted by atomic mass is 10.2. The predicted octanol–water partition coefficient (Wildman–Crippen LogP) is 0.884. The Bertz CT molecular complexity index is 495. The zero-order chi connectivity index (χ0) is 14.5. The topological polar surface area (TPSA) is 56.4 Å². The van der Waals surface area contributed by atoms with Crippen molar-refractivity contribution in [3.8, 4) is 0 Å². The van der Waals surface area contributed by atoms with Crippen molar-refractivity contribution in [2.45, 2.75) is 12.5 Å². The molecule has 0 bridgehead atoms. The van der Waals surface area contributed by atoms with Gasteiger partial charge in [0.15, 0.2) is 0 Å². The van der Waals surface area contributed by atoms with E-state index in [0.29, 0.717) is 5.56 Å². The predicted molar refractivity (Wildman–Crippen MR) is 82.4 cm³/mol. The quantitative estimate of drug-likeness (QED) is 0.899. The maximum atomic E-state index is 12.6. The van der Waals surface area contributed by atoms with Gasteiger partial charge in [-0.25, -0.2) is 0 Å². The molecule has 1 aliphatic heterocycles. The van der Waals surface area contributed by atoms with E-state index >= 15 is 0 Å². The monoisotopic (exact) mass is 295 g/mol. The van der Waals surface area contributed by atoms with Gasteiger partial charge in [-0.3, -0.25) is 9.59 Å². The van der Waals surface area contributed by atoms with E-state index in [1.165, 1.54) is 12.3 Å². The van der Waals surface area contributed by atoms with E-state index in [1.807, 2.05) is 30.8 Å². The van der Waals surface area contributed by atoms with Crippen LogP contribution in [-0.2, 0) is 0 Å². The van der Waals surface area contributed by atoms with Gasteiger partial charge in [-0.2, -0.15) is 11.8 Å². The minimum Gasteiger partial charge on any atom is -0.333 e. The van der Waals surface area contributed by atoms with Crippen LogP contribution in [0.3, 0.4) is 0 Å². The zero-order valence-electron chi connectivity index (χ0n) is 12.0. The molecule has 0 aliphatic carbocycles. The minimum absolute atomic E-state index is 0.00981. The van der Waals surface area contributed by atoms with Crippen LogP contribution >= 0.6 is 11.8 Å². The van der Waals surface area contributed by atoms with Crippen molar-refractivity contribution in [2.75, 3.05) is 38.7 Å². The molecule has 1 saturated heterocycles. The fourth-order valence-corrected chi connectivity index (χ4v) is 3.44. The van der Waals surface area contributed by atoms with Gasteiger partial charge in [-0.15, -0.1) is 0 Å². The Morgan fingerprint density at radius 2 is 2.30 bits per heavy atom. The number of hydrogen-bond acceptors (Lipinski definition) is 4. The van der Waals surface area contributed by atoms with Crippen LogP contribution in [0.25, 0.3) is 0 Å². The Labute approximate surface area is 123 Å². The third-order valence-electron chi connectivity index (χ3n) is 3.31. The van der Waals surface area contributed by atoms with Crippen molar-refractivity contribution in [3.05, 3.63) is 34.2 Å². The third-order valence-corrected chi connectivity index (χ3v) is 4.50. The standard InChI is InChI=1S/C14H21N3O2S/c1-16(2)9-12-10-20-7-3-6-17(12)14(19)11-4-5-13(18)15-8-11/h4-5,8,12H,3,6-7,9-10H2,1-2H3,(H,15,18)/t12-/m1/s1. The minimum atomic E-state index is -0.183. The molecule has 5 nitrogen and oxygen atoms in total.